The zero-order valence-electron chi connectivity index (χ0n) is 22.2. The van der Waals surface area contributed by atoms with Gasteiger partial charge in [-0.05, 0) is 70.0 Å². The van der Waals surface area contributed by atoms with Gasteiger partial charge in [-0.2, -0.15) is 0 Å². The van der Waals surface area contributed by atoms with Crippen molar-refractivity contribution < 1.29 is 0 Å². The molecular formula is C35H42. The van der Waals surface area contributed by atoms with E-state index in [4.69, 9.17) is 0 Å². The largest absolute Gasteiger partial charge is 0.0851 e. The van der Waals surface area contributed by atoms with Crippen LogP contribution in [0.1, 0.15) is 58.6 Å². The zero-order valence-corrected chi connectivity index (χ0v) is 22.2. The average Bonchev–Trinajstić information content (AvgIpc) is 3.66. The van der Waals surface area contributed by atoms with Crippen LogP contribution in [0.5, 0.6) is 0 Å². The van der Waals surface area contributed by atoms with Crippen LogP contribution >= 0.6 is 0 Å². The third-order valence-corrected chi connectivity index (χ3v) is 6.98. The Hall–Kier alpha value is -3.12. The van der Waals surface area contributed by atoms with E-state index in [-0.39, 0.29) is 0 Å². The Bertz CT molecular complexity index is 1090. The highest BCUT2D eigenvalue weighted by Gasteiger charge is 2.32. The van der Waals surface area contributed by atoms with Gasteiger partial charge >= 0.3 is 0 Å². The third-order valence-electron chi connectivity index (χ3n) is 6.98. The summed E-state index contributed by atoms with van der Waals surface area (Å²) in [5.41, 5.74) is 5.75. The summed E-state index contributed by atoms with van der Waals surface area (Å²) in [5, 5.41) is 2.62. The van der Waals surface area contributed by atoms with Crippen LogP contribution in [0.15, 0.2) is 109 Å². The van der Waals surface area contributed by atoms with Gasteiger partial charge in [-0.3, -0.25) is 0 Å². The van der Waals surface area contributed by atoms with Crippen molar-refractivity contribution in [2.75, 3.05) is 0 Å². The minimum Gasteiger partial charge on any atom is -0.0851 e. The maximum atomic E-state index is 2.40. The Labute approximate surface area is 213 Å². The van der Waals surface area contributed by atoms with E-state index >= 15 is 0 Å². The first-order valence-electron chi connectivity index (χ1n) is 13.6. The van der Waals surface area contributed by atoms with Gasteiger partial charge in [-0.1, -0.05) is 144 Å². The Morgan fingerprint density at radius 1 is 0.514 bits per heavy atom. The van der Waals surface area contributed by atoms with Gasteiger partial charge in [0.15, 0.2) is 0 Å². The van der Waals surface area contributed by atoms with Crippen molar-refractivity contribution in [1.82, 2.24) is 0 Å². The van der Waals surface area contributed by atoms with Crippen LogP contribution in [0.25, 0.3) is 21.9 Å². The van der Waals surface area contributed by atoms with Crippen molar-refractivity contribution in [3.8, 4) is 11.1 Å². The van der Waals surface area contributed by atoms with E-state index in [0.29, 0.717) is 0 Å². The molecule has 0 saturated heterocycles. The first kappa shape index (κ1) is 26.5. The summed E-state index contributed by atoms with van der Waals surface area (Å²) in [6, 6.07) is 34.0. The molecule has 0 radical (unpaired) electrons. The summed E-state index contributed by atoms with van der Waals surface area (Å²) in [7, 11) is 0. The molecule has 4 aromatic rings. The molecule has 1 saturated carbocycles. The molecule has 182 valence electrons. The van der Waals surface area contributed by atoms with Gasteiger partial charge in [0, 0.05) is 0 Å². The van der Waals surface area contributed by atoms with Crippen LogP contribution in [0.3, 0.4) is 0 Å². The van der Waals surface area contributed by atoms with Gasteiger partial charge in [0.05, 0.1) is 0 Å². The van der Waals surface area contributed by atoms with E-state index in [1.54, 1.807) is 0 Å². The summed E-state index contributed by atoms with van der Waals surface area (Å²) < 4.78 is 0. The minimum atomic E-state index is 0.958. The summed E-state index contributed by atoms with van der Waals surface area (Å²) in [4.78, 5) is 0. The number of benzene rings is 4. The molecule has 0 aliphatic heterocycles. The SMILES string of the molecule is CC.CC.CC1CC2C=CC1C2.c1ccc2c(c1)Cc1ccccc1-2.c1ccc2ccccc2c1. The number of hydrogen-bond donors (Lipinski definition) is 0. The van der Waals surface area contributed by atoms with Crippen molar-refractivity contribution in [1.29, 1.82) is 0 Å². The molecule has 0 N–H and O–H groups in total. The number of allylic oxidation sites excluding steroid dienone is 2. The van der Waals surface area contributed by atoms with E-state index in [0.717, 1.165) is 24.2 Å². The van der Waals surface area contributed by atoms with Gasteiger partial charge in [0.2, 0.25) is 0 Å². The van der Waals surface area contributed by atoms with Crippen molar-refractivity contribution >= 4 is 10.8 Å². The lowest BCUT2D eigenvalue weighted by Crippen LogP contribution is -1.99. The van der Waals surface area contributed by atoms with E-state index in [1.807, 2.05) is 27.7 Å². The fourth-order valence-corrected chi connectivity index (χ4v) is 5.27. The fourth-order valence-electron chi connectivity index (χ4n) is 5.27. The molecule has 1 fully saturated rings. The monoisotopic (exact) mass is 462 g/mol. The second-order valence-corrected chi connectivity index (χ2v) is 9.10. The molecule has 3 unspecified atom stereocenters. The van der Waals surface area contributed by atoms with E-state index < -0.39 is 0 Å². The minimum absolute atomic E-state index is 0.958. The molecule has 0 aromatic heterocycles. The Morgan fingerprint density at radius 3 is 1.29 bits per heavy atom. The van der Waals surface area contributed by atoms with Crippen LogP contribution in [0.4, 0.5) is 0 Å². The van der Waals surface area contributed by atoms with Gasteiger partial charge in [-0.15, -0.1) is 0 Å². The number of fused-ring (bicyclic) bond motifs is 6. The predicted molar refractivity (Wildman–Crippen MR) is 156 cm³/mol. The predicted octanol–water partition coefficient (Wildman–Crippen LogP) is 10.4. The molecule has 0 heterocycles. The molecule has 3 aliphatic rings. The smallest absolute Gasteiger partial charge is 0.00135 e. The van der Waals surface area contributed by atoms with Crippen molar-refractivity contribution in [3.05, 3.63) is 120 Å². The molecule has 3 aliphatic carbocycles. The lowest BCUT2D eigenvalue weighted by atomic mass is 9.96. The van der Waals surface area contributed by atoms with E-state index in [9.17, 15) is 0 Å². The molecule has 2 bridgehead atoms. The van der Waals surface area contributed by atoms with Crippen LogP contribution < -0.4 is 0 Å². The second-order valence-electron chi connectivity index (χ2n) is 9.10. The van der Waals surface area contributed by atoms with E-state index in [1.165, 1.54) is 45.9 Å². The van der Waals surface area contributed by atoms with Crippen LogP contribution in [-0.4, -0.2) is 0 Å². The highest BCUT2D eigenvalue weighted by Crippen LogP contribution is 2.42. The summed E-state index contributed by atoms with van der Waals surface area (Å²) >= 11 is 0. The molecule has 0 nitrogen and oxygen atoms in total. The fraction of sp³-hybridized carbons (Fsp3) is 0.314. The number of hydrogen-bond acceptors (Lipinski definition) is 0. The molecule has 0 amide bonds. The highest BCUT2D eigenvalue weighted by atomic mass is 14.4. The normalized spacial score (nSPS) is 19.4. The lowest BCUT2D eigenvalue weighted by Gasteiger charge is -2.09. The molecule has 35 heavy (non-hydrogen) atoms. The van der Waals surface area contributed by atoms with Crippen LogP contribution in [0, 0.1) is 17.8 Å². The molecule has 0 spiro atoms. The zero-order chi connectivity index (χ0) is 25.0. The lowest BCUT2D eigenvalue weighted by molar-refractivity contribution is 0.493. The van der Waals surface area contributed by atoms with E-state index in [2.05, 4.69) is 116 Å². The van der Waals surface area contributed by atoms with Gasteiger partial charge in [-0.25, -0.2) is 0 Å². The first-order valence-corrected chi connectivity index (χ1v) is 13.6. The number of rotatable bonds is 0. The Kier molecular flexibility index (Phi) is 10.4. The standard InChI is InChI=1S/C13H10.C10H8.C8H12.2C2H6/c1-3-7-12-10(5-1)9-11-6-2-4-8-13(11)12;1-2-6-10-8-4-3-7-9(10)5-1;1-6-4-7-2-3-8(6)5-7;2*1-2/h1-8H,9H2;1-8H;2-3,6-8H,4-5H2,1H3;2*1-2H3. The van der Waals surface area contributed by atoms with Crippen molar-refractivity contribution in [2.45, 2.75) is 53.9 Å². The molecule has 0 heteroatoms. The quantitative estimate of drug-likeness (QED) is 0.201. The maximum absolute atomic E-state index is 2.40. The summed E-state index contributed by atoms with van der Waals surface area (Å²) in [5.74, 6) is 2.92. The van der Waals surface area contributed by atoms with Gasteiger partial charge < -0.3 is 0 Å². The Morgan fingerprint density at radius 2 is 0.943 bits per heavy atom. The maximum Gasteiger partial charge on any atom is -0.00135 e. The van der Waals surface area contributed by atoms with Crippen molar-refractivity contribution in [2.24, 2.45) is 17.8 Å². The third kappa shape index (κ3) is 6.73. The molecule has 7 rings (SSSR count). The van der Waals surface area contributed by atoms with Crippen molar-refractivity contribution in [3.63, 3.8) is 0 Å². The highest BCUT2D eigenvalue weighted by molar-refractivity contribution is 5.82. The van der Waals surface area contributed by atoms with Crippen LogP contribution in [0.2, 0.25) is 0 Å². The first-order chi connectivity index (χ1) is 17.3. The molecular weight excluding hydrogens is 420 g/mol. The van der Waals surface area contributed by atoms with Gasteiger partial charge in [0.25, 0.3) is 0 Å². The second kappa shape index (κ2) is 13.7. The average molecular weight is 463 g/mol. The Balaban J connectivity index is 0.000000140. The summed E-state index contributed by atoms with van der Waals surface area (Å²) in [6.45, 7) is 10.4. The van der Waals surface area contributed by atoms with Gasteiger partial charge in [0.1, 0.15) is 0 Å². The molecule has 3 atom stereocenters. The topological polar surface area (TPSA) is 0 Å². The van der Waals surface area contributed by atoms with Crippen LogP contribution in [-0.2, 0) is 6.42 Å². The molecule has 4 aromatic carbocycles. The summed E-state index contributed by atoms with van der Waals surface area (Å²) in [6.07, 6.45) is 8.82.